The van der Waals surface area contributed by atoms with Gasteiger partial charge in [0.05, 0.1) is 5.75 Å². The van der Waals surface area contributed by atoms with Crippen LogP contribution in [0.3, 0.4) is 0 Å². The van der Waals surface area contributed by atoms with Gasteiger partial charge in [0.2, 0.25) is 10.0 Å². The van der Waals surface area contributed by atoms with Gasteiger partial charge in [0.1, 0.15) is 0 Å². The topological polar surface area (TPSA) is 75.3 Å². The molecule has 1 rings (SSSR count). The lowest BCUT2D eigenvalue weighted by atomic mass is 10.0. The van der Waals surface area contributed by atoms with Gasteiger partial charge >= 0.3 is 0 Å². The second kappa shape index (κ2) is 6.82. The molecule has 102 valence electrons. The van der Waals surface area contributed by atoms with Crippen molar-refractivity contribution in [2.45, 2.75) is 25.8 Å². The summed E-state index contributed by atoms with van der Waals surface area (Å²) in [4.78, 5) is 0. The summed E-state index contributed by atoms with van der Waals surface area (Å²) >= 11 is 0. The quantitative estimate of drug-likeness (QED) is 0.700. The van der Waals surface area contributed by atoms with Crippen LogP contribution >= 0.6 is 0 Å². The molecule has 0 spiro atoms. The van der Waals surface area contributed by atoms with Crippen molar-refractivity contribution in [1.82, 2.24) is 10.0 Å². The fraction of sp³-hybridized carbons (Fsp3) is 1.00. The van der Waals surface area contributed by atoms with Gasteiger partial charge < -0.3 is 5.32 Å². The van der Waals surface area contributed by atoms with Crippen LogP contribution in [0.1, 0.15) is 19.8 Å². The predicted molar refractivity (Wildman–Crippen MR) is 70.9 cm³/mol. The zero-order chi connectivity index (χ0) is 12.9. The first-order chi connectivity index (χ1) is 7.89. The molecule has 2 N–H and O–H groups in total. The third-order valence-electron chi connectivity index (χ3n) is 2.72. The van der Waals surface area contributed by atoms with Gasteiger partial charge in [0.25, 0.3) is 0 Å². The molecule has 1 heterocycles. The fourth-order valence-electron chi connectivity index (χ4n) is 2.12. The van der Waals surface area contributed by atoms with Crippen LogP contribution in [0.4, 0.5) is 0 Å². The van der Waals surface area contributed by atoms with E-state index in [0.717, 1.165) is 25.9 Å². The molecule has 0 aromatic heterocycles. The van der Waals surface area contributed by atoms with Crippen LogP contribution in [-0.2, 0) is 20.8 Å². The number of sulfonamides is 1. The highest BCUT2D eigenvalue weighted by Crippen LogP contribution is 2.12. The van der Waals surface area contributed by atoms with Crippen molar-refractivity contribution in [3.8, 4) is 0 Å². The summed E-state index contributed by atoms with van der Waals surface area (Å²) in [5, 5.41) is 3.20. The summed E-state index contributed by atoms with van der Waals surface area (Å²) in [6, 6.07) is -0.262. The van der Waals surface area contributed by atoms with Crippen molar-refractivity contribution >= 4 is 20.8 Å². The molecule has 0 aromatic rings. The van der Waals surface area contributed by atoms with Crippen molar-refractivity contribution < 1.29 is 12.6 Å². The lowest BCUT2D eigenvalue weighted by Gasteiger charge is -2.23. The molecule has 0 saturated carbocycles. The van der Waals surface area contributed by atoms with E-state index < -0.39 is 20.8 Å². The highest BCUT2D eigenvalue weighted by atomic mass is 32.2. The molecule has 1 aliphatic rings. The Hall–Kier alpha value is 0.0200. The average molecular weight is 282 g/mol. The zero-order valence-corrected chi connectivity index (χ0v) is 12.1. The minimum Gasteiger partial charge on any atom is -0.316 e. The van der Waals surface area contributed by atoms with Gasteiger partial charge in [-0.2, -0.15) is 0 Å². The summed E-state index contributed by atoms with van der Waals surface area (Å²) in [7, 11) is -4.23. The summed E-state index contributed by atoms with van der Waals surface area (Å²) in [5.41, 5.74) is 0. The molecule has 7 heteroatoms. The van der Waals surface area contributed by atoms with E-state index >= 15 is 0 Å². The second-order valence-electron chi connectivity index (χ2n) is 4.75. The van der Waals surface area contributed by atoms with Crippen LogP contribution < -0.4 is 10.0 Å². The van der Waals surface area contributed by atoms with Crippen molar-refractivity contribution in [3.05, 3.63) is 0 Å². The molecule has 17 heavy (non-hydrogen) atoms. The highest BCUT2D eigenvalue weighted by molar-refractivity contribution is 7.89. The molecule has 0 aliphatic carbocycles. The molecule has 0 aromatic carbocycles. The van der Waals surface area contributed by atoms with E-state index in [1.807, 2.05) is 0 Å². The van der Waals surface area contributed by atoms with Gasteiger partial charge in [0, 0.05) is 28.9 Å². The van der Waals surface area contributed by atoms with Crippen LogP contribution in [0, 0.1) is 5.92 Å². The molecular weight excluding hydrogens is 260 g/mol. The first-order valence-electron chi connectivity index (χ1n) is 5.90. The minimum atomic E-state index is -3.25. The summed E-state index contributed by atoms with van der Waals surface area (Å²) in [6.45, 7) is 3.50. The van der Waals surface area contributed by atoms with Crippen molar-refractivity contribution in [2.75, 3.05) is 30.9 Å². The van der Waals surface area contributed by atoms with Gasteiger partial charge in [-0.25, -0.2) is 13.1 Å². The first-order valence-corrected chi connectivity index (χ1v) is 9.28. The van der Waals surface area contributed by atoms with Crippen LogP contribution in [0.15, 0.2) is 0 Å². The molecule has 3 atom stereocenters. The molecule has 3 unspecified atom stereocenters. The van der Waals surface area contributed by atoms with E-state index in [1.54, 1.807) is 13.2 Å². The maximum absolute atomic E-state index is 11.9. The average Bonchev–Trinajstić information content (AvgIpc) is 2.15. The van der Waals surface area contributed by atoms with Crippen LogP contribution in [0.2, 0.25) is 0 Å². The summed E-state index contributed by atoms with van der Waals surface area (Å²) in [5.74, 6) is 0.726. The second-order valence-corrected chi connectivity index (χ2v) is 8.03. The van der Waals surface area contributed by atoms with E-state index in [1.165, 1.54) is 0 Å². The monoisotopic (exact) mass is 282 g/mol. The van der Waals surface area contributed by atoms with Gasteiger partial charge in [-0.1, -0.05) is 0 Å². The Labute approximate surface area is 106 Å². The Bertz CT molecular complexity index is 351. The normalized spacial score (nSPS) is 25.4. The number of hydrogen-bond donors (Lipinski definition) is 2. The Morgan fingerprint density at radius 2 is 2.24 bits per heavy atom. The Kier molecular flexibility index (Phi) is 6.05. The third-order valence-corrected chi connectivity index (χ3v) is 5.36. The van der Waals surface area contributed by atoms with E-state index in [0.29, 0.717) is 5.75 Å². The predicted octanol–water partition coefficient (Wildman–Crippen LogP) is -0.328. The molecule has 0 bridgehead atoms. The molecule has 0 radical (unpaired) electrons. The number of rotatable bonds is 6. The molecule has 1 saturated heterocycles. The molecular formula is C10H22N2O3S2. The van der Waals surface area contributed by atoms with Crippen molar-refractivity contribution in [2.24, 2.45) is 5.92 Å². The van der Waals surface area contributed by atoms with E-state index in [-0.39, 0.29) is 17.7 Å². The SMILES string of the molecule is CC(CS(C)=O)NS(=O)(=O)CC1CCCNC1. The van der Waals surface area contributed by atoms with E-state index in [2.05, 4.69) is 10.0 Å². The van der Waals surface area contributed by atoms with Crippen LogP contribution in [0.5, 0.6) is 0 Å². The number of hydrogen-bond acceptors (Lipinski definition) is 4. The lowest BCUT2D eigenvalue weighted by molar-refractivity contribution is 0.402. The highest BCUT2D eigenvalue weighted by Gasteiger charge is 2.22. The zero-order valence-electron chi connectivity index (χ0n) is 10.4. The summed E-state index contributed by atoms with van der Waals surface area (Å²) in [6.07, 6.45) is 3.58. The largest absolute Gasteiger partial charge is 0.316 e. The molecule has 0 amide bonds. The van der Waals surface area contributed by atoms with Gasteiger partial charge in [0.15, 0.2) is 0 Å². The third kappa shape index (κ3) is 6.49. The smallest absolute Gasteiger partial charge is 0.212 e. The fourth-order valence-corrected chi connectivity index (χ4v) is 4.71. The Morgan fingerprint density at radius 1 is 1.53 bits per heavy atom. The molecule has 1 fully saturated rings. The van der Waals surface area contributed by atoms with E-state index in [4.69, 9.17) is 0 Å². The Balaban J connectivity index is 2.41. The number of nitrogens with one attached hydrogen (secondary N) is 2. The van der Waals surface area contributed by atoms with Crippen LogP contribution in [-0.4, -0.2) is 49.5 Å². The summed E-state index contributed by atoms with van der Waals surface area (Å²) < 4.78 is 37.3. The molecule has 1 aliphatic heterocycles. The number of piperidine rings is 1. The van der Waals surface area contributed by atoms with Crippen molar-refractivity contribution in [1.29, 1.82) is 0 Å². The maximum Gasteiger partial charge on any atom is 0.212 e. The minimum absolute atomic E-state index is 0.167. The first kappa shape index (κ1) is 15.1. The Morgan fingerprint density at radius 3 is 2.76 bits per heavy atom. The van der Waals surface area contributed by atoms with Gasteiger partial charge in [-0.15, -0.1) is 0 Å². The molecule has 5 nitrogen and oxygen atoms in total. The van der Waals surface area contributed by atoms with Crippen molar-refractivity contribution in [3.63, 3.8) is 0 Å². The van der Waals surface area contributed by atoms with E-state index in [9.17, 15) is 12.6 Å². The lowest BCUT2D eigenvalue weighted by Crippen LogP contribution is -2.42. The van der Waals surface area contributed by atoms with Gasteiger partial charge in [-0.3, -0.25) is 4.21 Å². The van der Waals surface area contributed by atoms with Crippen LogP contribution in [0.25, 0.3) is 0 Å². The standard InChI is InChI=1S/C10H22N2O3S2/c1-9(7-16(2)13)12-17(14,15)8-10-4-3-5-11-6-10/h9-12H,3-8H2,1-2H3. The maximum atomic E-state index is 11.9. The van der Waals surface area contributed by atoms with Gasteiger partial charge in [-0.05, 0) is 38.8 Å².